The van der Waals surface area contributed by atoms with E-state index in [1.165, 1.54) is 45.1 Å². The summed E-state index contributed by atoms with van der Waals surface area (Å²) in [6.45, 7) is 5.87. The molecule has 2 heteroatoms. The molecule has 3 atom stereocenters. The maximum absolute atomic E-state index is 3.73. The molecule has 0 aromatic rings. The number of hydrogen-bond donors (Lipinski definition) is 1. The van der Waals surface area contributed by atoms with Crippen LogP contribution in [0, 0.1) is 5.92 Å². The summed E-state index contributed by atoms with van der Waals surface area (Å²) >= 11 is 0. The zero-order chi connectivity index (χ0) is 11.5. The van der Waals surface area contributed by atoms with Gasteiger partial charge >= 0.3 is 0 Å². The Kier molecular flexibility index (Phi) is 4.26. The second kappa shape index (κ2) is 5.50. The Labute approximate surface area is 101 Å². The molecule has 2 aliphatic carbocycles. The SMILES string of the molecule is CCCNC1CCCC1N(C)C(C)C1CC1. The lowest BCUT2D eigenvalue weighted by atomic mass is 10.1. The summed E-state index contributed by atoms with van der Waals surface area (Å²) in [5.41, 5.74) is 0. The van der Waals surface area contributed by atoms with Gasteiger partial charge in [-0.05, 0) is 58.5 Å². The van der Waals surface area contributed by atoms with Crippen molar-refractivity contribution >= 4 is 0 Å². The lowest BCUT2D eigenvalue weighted by Crippen LogP contribution is -2.49. The van der Waals surface area contributed by atoms with Crippen molar-refractivity contribution in [2.45, 2.75) is 70.5 Å². The summed E-state index contributed by atoms with van der Waals surface area (Å²) in [5, 5.41) is 3.73. The smallest absolute Gasteiger partial charge is 0.0249 e. The lowest BCUT2D eigenvalue weighted by Gasteiger charge is -2.35. The maximum atomic E-state index is 3.73. The largest absolute Gasteiger partial charge is 0.312 e. The molecule has 0 bridgehead atoms. The fourth-order valence-corrected chi connectivity index (χ4v) is 3.21. The van der Waals surface area contributed by atoms with Crippen molar-refractivity contribution in [2.75, 3.05) is 13.6 Å². The molecule has 0 spiro atoms. The Balaban J connectivity index is 1.85. The fraction of sp³-hybridized carbons (Fsp3) is 1.00. The molecule has 0 aromatic carbocycles. The van der Waals surface area contributed by atoms with Gasteiger partial charge in [0.05, 0.1) is 0 Å². The average Bonchev–Trinajstić information content (AvgIpc) is 3.04. The molecule has 0 aliphatic heterocycles. The molecule has 0 heterocycles. The van der Waals surface area contributed by atoms with Crippen LogP contribution in [0.1, 0.15) is 52.4 Å². The van der Waals surface area contributed by atoms with Crippen LogP contribution in [0.4, 0.5) is 0 Å². The van der Waals surface area contributed by atoms with Gasteiger partial charge in [0, 0.05) is 18.1 Å². The topological polar surface area (TPSA) is 15.3 Å². The second-order valence-corrected chi connectivity index (χ2v) is 5.80. The molecular formula is C14H28N2. The summed E-state index contributed by atoms with van der Waals surface area (Å²) in [6, 6.07) is 2.35. The molecule has 2 fully saturated rings. The molecule has 0 radical (unpaired) electrons. The van der Waals surface area contributed by atoms with E-state index >= 15 is 0 Å². The number of nitrogens with zero attached hydrogens (tertiary/aromatic N) is 1. The molecule has 1 N–H and O–H groups in total. The van der Waals surface area contributed by atoms with Crippen LogP contribution >= 0.6 is 0 Å². The minimum Gasteiger partial charge on any atom is -0.312 e. The van der Waals surface area contributed by atoms with Crippen molar-refractivity contribution in [3.63, 3.8) is 0 Å². The Hall–Kier alpha value is -0.0800. The molecule has 16 heavy (non-hydrogen) atoms. The third-order valence-electron chi connectivity index (χ3n) is 4.61. The highest BCUT2D eigenvalue weighted by Gasteiger charge is 2.37. The minimum atomic E-state index is 0.756. The van der Waals surface area contributed by atoms with Gasteiger partial charge in [0.15, 0.2) is 0 Å². The summed E-state index contributed by atoms with van der Waals surface area (Å²) in [5.74, 6) is 0.998. The van der Waals surface area contributed by atoms with Crippen LogP contribution in [0.25, 0.3) is 0 Å². The first-order valence-electron chi connectivity index (χ1n) is 7.19. The Morgan fingerprint density at radius 2 is 2.00 bits per heavy atom. The van der Waals surface area contributed by atoms with Crippen LogP contribution in [0.15, 0.2) is 0 Å². The summed E-state index contributed by atoms with van der Waals surface area (Å²) < 4.78 is 0. The van der Waals surface area contributed by atoms with Gasteiger partial charge in [0.1, 0.15) is 0 Å². The molecule has 2 aliphatic rings. The summed E-state index contributed by atoms with van der Waals surface area (Å²) in [6.07, 6.45) is 8.37. The first-order chi connectivity index (χ1) is 7.74. The zero-order valence-corrected chi connectivity index (χ0v) is 11.2. The van der Waals surface area contributed by atoms with Crippen molar-refractivity contribution in [3.05, 3.63) is 0 Å². The maximum Gasteiger partial charge on any atom is 0.0249 e. The zero-order valence-electron chi connectivity index (χ0n) is 11.2. The normalized spacial score (nSPS) is 32.2. The van der Waals surface area contributed by atoms with Gasteiger partial charge in [-0.25, -0.2) is 0 Å². The minimum absolute atomic E-state index is 0.756. The van der Waals surface area contributed by atoms with Gasteiger partial charge in [0.2, 0.25) is 0 Å². The molecular weight excluding hydrogens is 196 g/mol. The fourth-order valence-electron chi connectivity index (χ4n) is 3.21. The first kappa shape index (κ1) is 12.4. The van der Waals surface area contributed by atoms with Gasteiger partial charge < -0.3 is 5.32 Å². The van der Waals surface area contributed by atoms with E-state index in [1.807, 2.05) is 0 Å². The van der Waals surface area contributed by atoms with E-state index in [2.05, 4.69) is 31.1 Å². The van der Waals surface area contributed by atoms with E-state index in [4.69, 9.17) is 0 Å². The quantitative estimate of drug-likeness (QED) is 0.746. The number of likely N-dealkylation sites (N-methyl/N-ethyl adjacent to an activating group) is 1. The first-order valence-corrected chi connectivity index (χ1v) is 7.19. The summed E-state index contributed by atoms with van der Waals surface area (Å²) in [7, 11) is 2.35. The standard InChI is InChI=1S/C14H28N2/c1-4-10-15-13-6-5-7-14(13)16(3)11(2)12-8-9-12/h11-15H,4-10H2,1-3H3. The second-order valence-electron chi connectivity index (χ2n) is 5.80. The lowest BCUT2D eigenvalue weighted by molar-refractivity contribution is 0.147. The average molecular weight is 224 g/mol. The van der Waals surface area contributed by atoms with Gasteiger partial charge in [-0.2, -0.15) is 0 Å². The highest BCUT2D eigenvalue weighted by molar-refractivity contribution is 4.94. The van der Waals surface area contributed by atoms with Crippen LogP contribution in [0.2, 0.25) is 0 Å². The predicted octanol–water partition coefficient (Wildman–Crippen LogP) is 2.64. The van der Waals surface area contributed by atoms with Crippen molar-refractivity contribution in [2.24, 2.45) is 5.92 Å². The Bertz CT molecular complexity index is 213. The molecule has 0 saturated heterocycles. The van der Waals surface area contributed by atoms with Crippen molar-refractivity contribution in [1.29, 1.82) is 0 Å². The number of nitrogens with one attached hydrogen (secondary N) is 1. The highest BCUT2D eigenvalue weighted by atomic mass is 15.2. The monoisotopic (exact) mass is 224 g/mol. The van der Waals surface area contributed by atoms with Crippen molar-refractivity contribution in [3.8, 4) is 0 Å². The van der Waals surface area contributed by atoms with Crippen LogP contribution in [0.5, 0.6) is 0 Å². The van der Waals surface area contributed by atoms with Crippen LogP contribution in [0.3, 0.4) is 0 Å². The molecule has 0 aromatic heterocycles. The molecule has 2 rings (SSSR count). The molecule has 2 nitrogen and oxygen atoms in total. The highest BCUT2D eigenvalue weighted by Crippen LogP contribution is 2.37. The molecule has 94 valence electrons. The molecule has 0 amide bonds. The van der Waals surface area contributed by atoms with E-state index in [-0.39, 0.29) is 0 Å². The van der Waals surface area contributed by atoms with E-state index in [1.54, 1.807) is 0 Å². The number of rotatable bonds is 6. The van der Waals surface area contributed by atoms with Crippen molar-refractivity contribution in [1.82, 2.24) is 10.2 Å². The third kappa shape index (κ3) is 2.78. The predicted molar refractivity (Wildman–Crippen MR) is 69.7 cm³/mol. The van der Waals surface area contributed by atoms with E-state index in [0.717, 1.165) is 24.0 Å². The van der Waals surface area contributed by atoms with Gasteiger partial charge in [-0.3, -0.25) is 4.90 Å². The van der Waals surface area contributed by atoms with Crippen LogP contribution in [-0.4, -0.2) is 36.6 Å². The van der Waals surface area contributed by atoms with Gasteiger partial charge in [-0.1, -0.05) is 13.3 Å². The number of hydrogen-bond acceptors (Lipinski definition) is 2. The van der Waals surface area contributed by atoms with Crippen LogP contribution < -0.4 is 5.32 Å². The van der Waals surface area contributed by atoms with Crippen LogP contribution in [-0.2, 0) is 0 Å². The Morgan fingerprint density at radius 1 is 1.25 bits per heavy atom. The van der Waals surface area contributed by atoms with Crippen molar-refractivity contribution < 1.29 is 0 Å². The van der Waals surface area contributed by atoms with E-state index in [9.17, 15) is 0 Å². The van der Waals surface area contributed by atoms with Gasteiger partial charge in [-0.15, -0.1) is 0 Å². The van der Waals surface area contributed by atoms with E-state index < -0.39 is 0 Å². The Morgan fingerprint density at radius 3 is 2.62 bits per heavy atom. The molecule has 2 saturated carbocycles. The molecule has 3 unspecified atom stereocenters. The summed E-state index contributed by atoms with van der Waals surface area (Å²) in [4.78, 5) is 2.66. The third-order valence-corrected chi connectivity index (χ3v) is 4.61. The van der Waals surface area contributed by atoms with Gasteiger partial charge in [0.25, 0.3) is 0 Å². The van der Waals surface area contributed by atoms with E-state index in [0.29, 0.717) is 0 Å².